The lowest BCUT2D eigenvalue weighted by atomic mass is 10.2. The monoisotopic (exact) mass is 383 g/mol. The molecule has 0 spiro atoms. The molecule has 3 rings (SSSR count). The zero-order chi connectivity index (χ0) is 20.1. The summed E-state index contributed by atoms with van der Waals surface area (Å²) in [5.74, 6) is -0.969. The van der Waals surface area contributed by atoms with Crippen molar-refractivity contribution in [1.82, 2.24) is 9.97 Å². The number of aromatic hydroxyl groups is 1. The van der Waals surface area contributed by atoms with Crippen LogP contribution in [0.25, 0.3) is 12.2 Å². The predicted molar refractivity (Wildman–Crippen MR) is 99.3 cm³/mol. The summed E-state index contributed by atoms with van der Waals surface area (Å²) in [6.45, 7) is 0.0188. The fraction of sp³-hybridized carbons (Fsp3) is 0.0526. The lowest BCUT2D eigenvalue weighted by Gasteiger charge is -2.09. The van der Waals surface area contributed by atoms with Gasteiger partial charge in [-0.1, -0.05) is 36.4 Å². The first-order chi connectivity index (χ1) is 13.5. The van der Waals surface area contributed by atoms with Gasteiger partial charge in [-0.05, 0) is 24.3 Å². The van der Waals surface area contributed by atoms with Crippen molar-refractivity contribution in [2.45, 2.75) is 6.61 Å². The number of rotatable bonds is 6. The van der Waals surface area contributed by atoms with Crippen LogP contribution in [0.3, 0.4) is 0 Å². The van der Waals surface area contributed by atoms with Crippen LogP contribution < -0.4 is 10.3 Å². The van der Waals surface area contributed by atoms with E-state index in [2.05, 4.69) is 9.97 Å². The topological polar surface area (TPSA) is 118 Å². The minimum absolute atomic E-state index is 0.0188. The minimum atomic E-state index is -1.07. The van der Waals surface area contributed by atoms with Crippen molar-refractivity contribution in [2.75, 3.05) is 0 Å². The molecule has 28 heavy (non-hydrogen) atoms. The third-order valence-corrected chi connectivity index (χ3v) is 3.76. The number of aromatic nitrogens is 2. The molecule has 142 valence electrons. The molecule has 0 saturated heterocycles. The maximum absolute atomic E-state index is 13.7. The Morgan fingerprint density at radius 1 is 1.18 bits per heavy atom. The predicted octanol–water partition coefficient (Wildman–Crippen LogP) is 3.27. The largest absolute Gasteiger partial charge is 0.488 e. The fourth-order valence-corrected chi connectivity index (χ4v) is 2.40. The summed E-state index contributed by atoms with van der Waals surface area (Å²) < 4.78 is 19.4. The first kappa shape index (κ1) is 18.8. The van der Waals surface area contributed by atoms with Crippen molar-refractivity contribution in [2.24, 2.45) is 0 Å². The second-order valence-corrected chi connectivity index (χ2v) is 5.63. The quantitative estimate of drug-likeness (QED) is 0.498. The van der Waals surface area contributed by atoms with Crippen molar-refractivity contribution in [3.05, 3.63) is 91.8 Å². The molecule has 0 saturated carbocycles. The van der Waals surface area contributed by atoms with Gasteiger partial charge in [-0.3, -0.25) is 14.9 Å². The number of ether oxygens (including phenoxy) is 1. The first-order valence-electron chi connectivity index (χ1n) is 8.06. The van der Waals surface area contributed by atoms with Gasteiger partial charge in [-0.25, -0.2) is 4.39 Å². The first-order valence-corrected chi connectivity index (χ1v) is 8.06. The van der Waals surface area contributed by atoms with Crippen LogP contribution in [0.15, 0.2) is 53.3 Å². The molecule has 0 atom stereocenters. The Bertz CT molecular complexity index is 1110. The van der Waals surface area contributed by atoms with Crippen LogP contribution in [0, 0.1) is 15.9 Å². The second kappa shape index (κ2) is 8.12. The number of nitrogens with one attached hydrogen (secondary N) is 1. The molecular formula is C19H14FN3O5. The van der Waals surface area contributed by atoms with Crippen LogP contribution in [-0.4, -0.2) is 20.0 Å². The van der Waals surface area contributed by atoms with E-state index in [4.69, 9.17) is 4.74 Å². The summed E-state index contributed by atoms with van der Waals surface area (Å²) in [6.07, 6.45) is 2.90. The molecule has 1 aromatic heterocycles. The van der Waals surface area contributed by atoms with E-state index in [1.54, 1.807) is 48.5 Å². The maximum Gasteiger partial charge on any atom is 0.395 e. The molecule has 0 aliphatic heterocycles. The average Bonchev–Trinajstić information content (AvgIpc) is 2.65. The maximum atomic E-state index is 13.7. The van der Waals surface area contributed by atoms with Crippen molar-refractivity contribution in [1.29, 1.82) is 0 Å². The molecule has 2 N–H and O–H groups in total. The van der Waals surface area contributed by atoms with Crippen LogP contribution in [0.2, 0.25) is 0 Å². The van der Waals surface area contributed by atoms with Crippen molar-refractivity contribution in [3.8, 4) is 11.6 Å². The highest BCUT2D eigenvalue weighted by Gasteiger charge is 2.21. The van der Waals surface area contributed by atoms with Gasteiger partial charge in [0.1, 0.15) is 24.0 Å². The number of hydrogen-bond donors (Lipinski definition) is 2. The number of halogens is 1. The molecule has 0 unspecified atom stereocenters. The van der Waals surface area contributed by atoms with E-state index in [-0.39, 0.29) is 18.2 Å². The zero-order valence-corrected chi connectivity index (χ0v) is 14.3. The van der Waals surface area contributed by atoms with E-state index < -0.39 is 22.0 Å². The number of benzene rings is 2. The molecule has 1 heterocycles. The van der Waals surface area contributed by atoms with Crippen LogP contribution in [0.4, 0.5) is 10.1 Å². The van der Waals surface area contributed by atoms with Gasteiger partial charge in [0, 0.05) is 11.1 Å². The number of aromatic amines is 1. The Kier molecular flexibility index (Phi) is 5.45. The van der Waals surface area contributed by atoms with Crippen LogP contribution in [-0.2, 0) is 6.61 Å². The Balaban J connectivity index is 1.83. The molecule has 0 aliphatic carbocycles. The molecule has 9 heteroatoms. The normalized spacial score (nSPS) is 10.9. The van der Waals surface area contributed by atoms with Crippen molar-refractivity contribution in [3.63, 3.8) is 0 Å². The van der Waals surface area contributed by atoms with Gasteiger partial charge in [0.05, 0.1) is 4.92 Å². The summed E-state index contributed by atoms with van der Waals surface area (Å²) in [7, 11) is 0. The van der Waals surface area contributed by atoms with E-state index in [9.17, 15) is 24.4 Å². The van der Waals surface area contributed by atoms with E-state index in [1.807, 2.05) is 0 Å². The SMILES string of the molecule is O=c1[nH]c(/C=C/c2ccccc2OCc2ccccc2F)nc(O)c1[N+](=O)[O-]. The number of para-hydroxylation sites is 1. The highest BCUT2D eigenvalue weighted by atomic mass is 19.1. The molecule has 0 bridgehead atoms. The molecule has 3 aromatic rings. The Labute approximate surface area is 157 Å². The second-order valence-electron chi connectivity index (χ2n) is 5.63. The van der Waals surface area contributed by atoms with E-state index in [0.29, 0.717) is 16.9 Å². The number of nitrogens with zero attached hydrogens (tertiary/aromatic N) is 2. The zero-order valence-electron chi connectivity index (χ0n) is 14.3. The van der Waals surface area contributed by atoms with Crippen LogP contribution in [0.1, 0.15) is 17.0 Å². The van der Waals surface area contributed by atoms with E-state index >= 15 is 0 Å². The Morgan fingerprint density at radius 3 is 2.61 bits per heavy atom. The highest BCUT2D eigenvalue weighted by molar-refractivity contribution is 5.70. The van der Waals surface area contributed by atoms with E-state index in [1.165, 1.54) is 12.1 Å². The Morgan fingerprint density at radius 2 is 1.89 bits per heavy atom. The molecule has 0 radical (unpaired) electrons. The molecule has 0 fully saturated rings. The molecule has 0 amide bonds. The third-order valence-electron chi connectivity index (χ3n) is 3.76. The summed E-state index contributed by atoms with van der Waals surface area (Å²) in [4.78, 5) is 27.2. The average molecular weight is 383 g/mol. The summed E-state index contributed by atoms with van der Waals surface area (Å²) >= 11 is 0. The van der Waals surface area contributed by atoms with Gasteiger partial charge in [-0.2, -0.15) is 4.98 Å². The van der Waals surface area contributed by atoms with E-state index in [0.717, 1.165) is 0 Å². The molecular weight excluding hydrogens is 369 g/mol. The van der Waals surface area contributed by atoms with Crippen LogP contribution >= 0.6 is 0 Å². The Hall–Kier alpha value is -4.01. The third kappa shape index (κ3) is 4.21. The fourth-order valence-electron chi connectivity index (χ4n) is 2.40. The number of nitro groups is 1. The summed E-state index contributed by atoms with van der Waals surface area (Å²) in [6, 6.07) is 13.1. The lowest BCUT2D eigenvalue weighted by Crippen LogP contribution is -2.14. The summed E-state index contributed by atoms with van der Waals surface area (Å²) in [5.41, 5.74) is -1.10. The van der Waals surface area contributed by atoms with Gasteiger partial charge < -0.3 is 14.8 Å². The molecule has 2 aromatic carbocycles. The number of hydrogen-bond acceptors (Lipinski definition) is 6. The lowest BCUT2D eigenvalue weighted by molar-refractivity contribution is -0.387. The van der Waals surface area contributed by atoms with Gasteiger partial charge in [0.15, 0.2) is 0 Å². The van der Waals surface area contributed by atoms with Gasteiger partial charge in [0.25, 0.3) is 5.88 Å². The van der Waals surface area contributed by atoms with Gasteiger partial charge in [-0.15, -0.1) is 0 Å². The molecule has 0 aliphatic rings. The smallest absolute Gasteiger partial charge is 0.395 e. The van der Waals surface area contributed by atoms with Crippen molar-refractivity contribution >= 4 is 17.8 Å². The highest BCUT2D eigenvalue weighted by Crippen LogP contribution is 2.23. The molecule has 8 nitrogen and oxygen atoms in total. The number of H-pyrrole nitrogens is 1. The van der Waals surface area contributed by atoms with Crippen LogP contribution in [0.5, 0.6) is 11.6 Å². The van der Waals surface area contributed by atoms with Crippen molar-refractivity contribution < 1.29 is 19.2 Å². The van der Waals surface area contributed by atoms with Gasteiger partial charge >= 0.3 is 11.2 Å². The minimum Gasteiger partial charge on any atom is -0.488 e. The summed E-state index contributed by atoms with van der Waals surface area (Å²) in [5, 5.41) is 20.3. The standard InChI is InChI=1S/C19H14FN3O5/c20-14-7-3-1-6-13(14)11-28-15-8-4-2-5-12(15)9-10-16-21-18(24)17(23(26)27)19(25)22-16/h1-10H,11H2,(H2,21,22,24,25)/b10-9+. The van der Waals surface area contributed by atoms with Gasteiger partial charge in [0.2, 0.25) is 0 Å².